The summed E-state index contributed by atoms with van der Waals surface area (Å²) in [6, 6.07) is 12.4. The molecule has 2 N–H and O–H groups in total. The maximum atomic E-state index is 11.9. The average molecular weight is 306 g/mol. The fourth-order valence-electron chi connectivity index (χ4n) is 1.79. The van der Waals surface area contributed by atoms with E-state index in [1.165, 1.54) is 0 Å². The molecule has 2 aromatic rings. The predicted molar refractivity (Wildman–Crippen MR) is 82.7 cm³/mol. The van der Waals surface area contributed by atoms with Crippen molar-refractivity contribution in [1.82, 2.24) is 0 Å². The van der Waals surface area contributed by atoms with Gasteiger partial charge in [-0.1, -0.05) is 35.9 Å². The van der Waals surface area contributed by atoms with Crippen molar-refractivity contribution in [2.75, 3.05) is 11.9 Å². The van der Waals surface area contributed by atoms with Crippen LogP contribution in [0.1, 0.15) is 11.1 Å². The fraction of sp³-hybridized carbons (Fsp3) is 0.188. The Morgan fingerprint density at radius 1 is 1.29 bits per heavy atom. The van der Waals surface area contributed by atoms with Gasteiger partial charge in [-0.25, -0.2) is 0 Å². The van der Waals surface area contributed by atoms with Gasteiger partial charge in [-0.2, -0.15) is 0 Å². The molecule has 0 radical (unpaired) electrons. The predicted octanol–water partition coefficient (Wildman–Crippen LogP) is 3.16. The Morgan fingerprint density at radius 3 is 2.76 bits per heavy atom. The molecule has 0 aromatic heterocycles. The van der Waals surface area contributed by atoms with Gasteiger partial charge >= 0.3 is 0 Å². The number of hydrogen-bond acceptors (Lipinski definition) is 3. The molecule has 110 valence electrons. The summed E-state index contributed by atoms with van der Waals surface area (Å²) in [6.45, 7) is 1.68. The van der Waals surface area contributed by atoms with Gasteiger partial charge < -0.3 is 15.2 Å². The first kappa shape index (κ1) is 15.4. The SMILES string of the molecule is Cc1ccc(CO)cc1NC(=O)COc1ccccc1Cl. The minimum Gasteiger partial charge on any atom is -0.482 e. The van der Waals surface area contributed by atoms with Crippen LogP contribution in [0.3, 0.4) is 0 Å². The lowest BCUT2D eigenvalue weighted by Gasteiger charge is -2.11. The Hall–Kier alpha value is -2.04. The number of benzene rings is 2. The smallest absolute Gasteiger partial charge is 0.262 e. The normalized spacial score (nSPS) is 10.2. The molecule has 0 aliphatic heterocycles. The summed E-state index contributed by atoms with van der Waals surface area (Å²) in [5, 5.41) is 12.3. The highest BCUT2D eigenvalue weighted by molar-refractivity contribution is 6.32. The standard InChI is InChI=1S/C16H16ClNO3/c1-11-6-7-12(9-19)8-14(11)18-16(20)10-21-15-5-3-2-4-13(15)17/h2-8,19H,9-10H2,1H3,(H,18,20). The van der Waals surface area contributed by atoms with Crippen LogP contribution in [0.4, 0.5) is 5.69 Å². The number of para-hydroxylation sites is 1. The van der Waals surface area contributed by atoms with Gasteiger partial charge in [0.25, 0.3) is 5.91 Å². The van der Waals surface area contributed by atoms with E-state index in [1.807, 2.05) is 19.1 Å². The topological polar surface area (TPSA) is 58.6 Å². The van der Waals surface area contributed by atoms with E-state index in [2.05, 4.69) is 5.32 Å². The van der Waals surface area contributed by atoms with E-state index in [1.54, 1.807) is 30.3 Å². The van der Waals surface area contributed by atoms with E-state index in [0.29, 0.717) is 16.5 Å². The highest BCUT2D eigenvalue weighted by Gasteiger charge is 2.08. The van der Waals surface area contributed by atoms with Crippen molar-refractivity contribution in [3.05, 3.63) is 58.6 Å². The third kappa shape index (κ3) is 4.21. The van der Waals surface area contributed by atoms with Crippen LogP contribution in [0.5, 0.6) is 5.75 Å². The van der Waals surface area contributed by atoms with Crippen molar-refractivity contribution in [1.29, 1.82) is 0 Å². The summed E-state index contributed by atoms with van der Waals surface area (Å²) in [7, 11) is 0. The Morgan fingerprint density at radius 2 is 2.05 bits per heavy atom. The Balaban J connectivity index is 1.97. The van der Waals surface area contributed by atoms with Crippen molar-refractivity contribution >= 4 is 23.2 Å². The number of carbonyl (C=O) groups is 1. The maximum Gasteiger partial charge on any atom is 0.262 e. The molecule has 0 aliphatic rings. The highest BCUT2D eigenvalue weighted by Crippen LogP contribution is 2.23. The van der Waals surface area contributed by atoms with E-state index >= 15 is 0 Å². The van der Waals surface area contributed by atoms with Crippen LogP contribution in [0.15, 0.2) is 42.5 Å². The molecule has 21 heavy (non-hydrogen) atoms. The molecule has 0 saturated carbocycles. The van der Waals surface area contributed by atoms with Gasteiger partial charge in [0.15, 0.2) is 6.61 Å². The maximum absolute atomic E-state index is 11.9. The number of anilines is 1. The molecule has 0 unspecified atom stereocenters. The summed E-state index contributed by atoms with van der Waals surface area (Å²) >= 11 is 5.95. The molecule has 1 amide bonds. The summed E-state index contributed by atoms with van der Waals surface area (Å²) < 4.78 is 5.37. The van der Waals surface area contributed by atoms with Gasteiger partial charge in [-0.3, -0.25) is 4.79 Å². The molecule has 2 rings (SSSR count). The molecule has 0 atom stereocenters. The number of aliphatic hydroxyl groups is 1. The first-order valence-corrected chi connectivity index (χ1v) is 6.85. The summed E-state index contributed by atoms with van der Waals surface area (Å²) in [4.78, 5) is 11.9. The third-order valence-corrected chi connectivity index (χ3v) is 3.27. The molecule has 0 saturated heterocycles. The van der Waals surface area contributed by atoms with E-state index in [4.69, 9.17) is 21.4 Å². The lowest BCUT2D eigenvalue weighted by atomic mass is 10.1. The summed E-state index contributed by atoms with van der Waals surface area (Å²) in [6.07, 6.45) is 0. The number of aryl methyl sites for hydroxylation is 1. The van der Waals surface area contributed by atoms with Crippen molar-refractivity contribution in [2.45, 2.75) is 13.5 Å². The molecule has 4 nitrogen and oxygen atoms in total. The number of carbonyl (C=O) groups excluding carboxylic acids is 1. The molecule has 0 spiro atoms. The van der Waals surface area contributed by atoms with Crippen molar-refractivity contribution in [3.63, 3.8) is 0 Å². The van der Waals surface area contributed by atoms with Crippen LogP contribution in [-0.4, -0.2) is 17.6 Å². The van der Waals surface area contributed by atoms with E-state index < -0.39 is 0 Å². The van der Waals surface area contributed by atoms with Crippen LogP contribution in [0.2, 0.25) is 5.02 Å². The molecule has 0 heterocycles. The fourth-order valence-corrected chi connectivity index (χ4v) is 1.98. The Kier molecular flexibility index (Phi) is 5.20. The second kappa shape index (κ2) is 7.11. The monoisotopic (exact) mass is 305 g/mol. The molecular weight excluding hydrogens is 290 g/mol. The van der Waals surface area contributed by atoms with Crippen LogP contribution in [-0.2, 0) is 11.4 Å². The molecule has 0 bridgehead atoms. The zero-order valence-electron chi connectivity index (χ0n) is 11.6. The van der Waals surface area contributed by atoms with Crippen LogP contribution < -0.4 is 10.1 Å². The zero-order valence-corrected chi connectivity index (χ0v) is 12.4. The van der Waals surface area contributed by atoms with Crippen molar-refractivity contribution < 1.29 is 14.6 Å². The first-order chi connectivity index (χ1) is 10.1. The molecule has 2 aromatic carbocycles. The Bertz CT molecular complexity index is 643. The average Bonchev–Trinajstić information content (AvgIpc) is 2.48. The van der Waals surface area contributed by atoms with E-state index in [9.17, 15) is 4.79 Å². The summed E-state index contributed by atoms with van der Waals surface area (Å²) in [5.74, 6) is 0.184. The van der Waals surface area contributed by atoms with Gasteiger partial charge in [0, 0.05) is 5.69 Å². The van der Waals surface area contributed by atoms with E-state index in [0.717, 1.165) is 11.1 Å². The van der Waals surface area contributed by atoms with Crippen molar-refractivity contribution in [2.24, 2.45) is 0 Å². The number of aliphatic hydroxyl groups excluding tert-OH is 1. The minimum absolute atomic E-state index is 0.0702. The zero-order chi connectivity index (χ0) is 15.2. The largest absolute Gasteiger partial charge is 0.482 e. The molecular formula is C16H16ClNO3. The second-order valence-electron chi connectivity index (χ2n) is 4.57. The number of rotatable bonds is 5. The van der Waals surface area contributed by atoms with Crippen molar-refractivity contribution in [3.8, 4) is 5.75 Å². The highest BCUT2D eigenvalue weighted by atomic mass is 35.5. The van der Waals surface area contributed by atoms with Crippen LogP contribution >= 0.6 is 11.6 Å². The number of halogens is 1. The molecule has 0 aliphatic carbocycles. The number of nitrogens with one attached hydrogen (secondary N) is 1. The van der Waals surface area contributed by atoms with Crippen LogP contribution in [0.25, 0.3) is 0 Å². The number of amides is 1. The molecule has 5 heteroatoms. The minimum atomic E-state index is -0.284. The van der Waals surface area contributed by atoms with Gasteiger partial charge in [0.2, 0.25) is 0 Å². The Labute approximate surface area is 128 Å². The summed E-state index contributed by atoms with van der Waals surface area (Å²) in [5.41, 5.74) is 2.32. The quantitative estimate of drug-likeness (QED) is 0.892. The number of hydrogen-bond donors (Lipinski definition) is 2. The van der Waals surface area contributed by atoms with Gasteiger partial charge in [0.1, 0.15) is 5.75 Å². The first-order valence-electron chi connectivity index (χ1n) is 6.47. The number of ether oxygens (including phenoxy) is 1. The second-order valence-corrected chi connectivity index (χ2v) is 4.98. The van der Waals surface area contributed by atoms with Gasteiger partial charge in [-0.15, -0.1) is 0 Å². The van der Waals surface area contributed by atoms with E-state index in [-0.39, 0.29) is 19.1 Å². The van der Waals surface area contributed by atoms with Gasteiger partial charge in [-0.05, 0) is 36.2 Å². The van der Waals surface area contributed by atoms with Gasteiger partial charge in [0.05, 0.1) is 11.6 Å². The lowest BCUT2D eigenvalue weighted by molar-refractivity contribution is -0.118. The third-order valence-electron chi connectivity index (χ3n) is 2.95. The lowest BCUT2D eigenvalue weighted by Crippen LogP contribution is -2.20. The van der Waals surface area contributed by atoms with Crippen LogP contribution in [0, 0.1) is 6.92 Å². The molecule has 0 fully saturated rings.